The fraction of sp³-hybridized carbons (Fsp3) is 0.800. The fourth-order valence-electron chi connectivity index (χ4n) is 3.65. The zero-order valence-electron chi connectivity index (χ0n) is 11.7. The van der Waals surface area contributed by atoms with E-state index in [2.05, 4.69) is 16.0 Å². The topological polar surface area (TPSA) is 53.1 Å². The van der Waals surface area contributed by atoms with Crippen LogP contribution in [0, 0.1) is 0 Å². The summed E-state index contributed by atoms with van der Waals surface area (Å²) in [6, 6.07) is 0.512. The molecule has 0 radical (unpaired) electrons. The van der Waals surface area contributed by atoms with Crippen molar-refractivity contribution < 1.29 is 4.74 Å². The van der Waals surface area contributed by atoms with Crippen molar-refractivity contribution in [1.82, 2.24) is 9.78 Å². The van der Waals surface area contributed by atoms with Crippen molar-refractivity contribution in [2.75, 3.05) is 13.2 Å². The highest BCUT2D eigenvalue weighted by Crippen LogP contribution is 2.42. The van der Waals surface area contributed by atoms with Crippen molar-refractivity contribution in [1.29, 1.82) is 0 Å². The normalized spacial score (nSPS) is 26.7. The minimum Gasteiger partial charge on any atom is -0.375 e. The highest BCUT2D eigenvalue weighted by molar-refractivity contribution is 5.05. The van der Waals surface area contributed by atoms with E-state index in [0.717, 1.165) is 25.9 Å². The molecule has 0 bridgehead atoms. The summed E-state index contributed by atoms with van der Waals surface area (Å²) in [4.78, 5) is 0. The minimum atomic E-state index is 0.154. The number of nitrogens with two attached hydrogens (primary N) is 1. The van der Waals surface area contributed by atoms with Crippen LogP contribution in [-0.2, 0) is 11.2 Å². The lowest BCUT2D eigenvalue weighted by Gasteiger charge is -2.43. The molecule has 1 atom stereocenters. The number of rotatable bonds is 3. The molecule has 3 rings (SSSR count). The Balaban J connectivity index is 1.69. The molecule has 1 saturated carbocycles. The van der Waals surface area contributed by atoms with Gasteiger partial charge in [0, 0.05) is 12.8 Å². The van der Waals surface area contributed by atoms with Crippen LogP contribution in [-0.4, -0.2) is 28.5 Å². The van der Waals surface area contributed by atoms with Gasteiger partial charge in [-0.1, -0.05) is 19.3 Å². The molecule has 1 saturated heterocycles. The van der Waals surface area contributed by atoms with E-state index >= 15 is 0 Å². The number of nitrogens with zero attached hydrogens (tertiary/aromatic N) is 2. The number of hydrogen-bond acceptors (Lipinski definition) is 3. The van der Waals surface area contributed by atoms with Gasteiger partial charge in [-0.2, -0.15) is 5.10 Å². The first-order valence-electron chi connectivity index (χ1n) is 7.68. The molecule has 1 unspecified atom stereocenters. The van der Waals surface area contributed by atoms with Crippen molar-refractivity contribution in [3.05, 3.63) is 18.0 Å². The van der Waals surface area contributed by atoms with E-state index in [1.54, 1.807) is 0 Å². The van der Waals surface area contributed by atoms with Crippen LogP contribution in [0.5, 0.6) is 0 Å². The van der Waals surface area contributed by atoms with Crippen LogP contribution in [0.3, 0.4) is 0 Å². The quantitative estimate of drug-likeness (QED) is 0.911. The van der Waals surface area contributed by atoms with Crippen molar-refractivity contribution >= 4 is 0 Å². The van der Waals surface area contributed by atoms with E-state index < -0.39 is 0 Å². The average molecular weight is 263 g/mol. The third kappa shape index (κ3) is 2.84. The van der Waals surface area contributed by atoms with E-state index in [-0.39, 0.29) is 5.60 Å². The Kier molecular flexibility index (Phi) is 3.89. The highest BCUT2D eigenvalue weighted by atomic mass is 16.5. The Labute approximate surface area is 115 Å². The van der Waals surface area contributed by atoms with Gasteiger partial charge < -0.3 is 10.5 Å². The van der Waals surface area contributed by atoms with Gasteiger partial charge in [0.15, 0.2) is 0 Å². The number of aromatic nitrogens is 2. The summed E-state index contributed by atoms with van der Waals surface area (Å²) in [5.41, 5.74) is 7.01. The summed E-state index contributed by atoms with van der Waals surface area (Å²) in [5.74, 6) is 0. The van der Waals surface area contributed by atoms with Crippen LogP contribution in [0.4, 0.5) is 0 Å². The second-order valence-corrected chi connectivity index (χ2v) is 6.11. The zero-order valence-corrected chi connectivity index (χ0v) is 11.7. The monoisotopic (exact) mass is 263 g/mol. The second kappa shape index (κ2) is 5.63. The third-order valence-electron chi connectivity index (χ3n) is 4.69. The Bertz CT molecular complexity index is 404. The van der Waals surface area contributed by atoms with Gasteiger partial charge in [-0.15, -0.1) is 0 Å². The molecule has 1 aromatic heterocycles. The summed E-state index contributed by atoms with van der Waals surface area (Å²) in [6.07, 6.45) is 13.8. The van der Waals surface area contributed by atoms with Crippen molar-refractivity contribution in [3.8, 4) is 0 Å². The Morgan fingerprint density at radius 2 is 2.21 bits per heavy atom. The molecule has 2 fully saturated rings. The number of ether oxygens (including phenoxy) is 1. The molecule has 2 N–H and O–H groups in total. The van der Waals surface area contributed by atoms with Gasteiger partial charge in [0.05, 0.1) is 17.8 Å². The lowest BCUT2D eigenvalue weighted by atomic mass is 9.78. The maximum Gasteiger partial charge on any atom is 0.0703 e. The third-order valence-corrected chi connectivity index (χ3v) is 4.69. The van der Waals surface area contributed by atoms with Gasteiger partial charge in [0.1, 0.15) is 0 Å². The molecule has 4 nitrogen and oxygen atoms in total. The summed E-state index contributed by atoms with van der Waals surface area (Å²) in [6.45, 7) is 1.58. The summed E-state index contributed by atoms with van der Waals surface area (Å²) >= 11 is 0. The lowest BCUT2D eigenvalue weighted by Crippen LogP contribution is -2.42. The summed E-state index contributed by atoms with van der Waals surface area (Å²) in [7, 11) is 0. The molecule has 1 spiro atoms. The molecule has 106 valence electrons. The Hall–Kier alpha value is -0.870. The molecule has 0 amide bonds. The smallest absolute Gasteiger partial charge is 0.0703 e. The standard InChI is InChI=1S/C15H25N3O/c16-8-4-13-11-17-18(12-13)14-5-9-19-15(10-14)6-2-1-3-7-15/h11-12,14H,1-10,16H2. The van der Waals surface area contributed by atoms with Crippen LogP contribution in [0.25, 0.3) is 0 Å². The zero-order chi connectivity index (χ0) is 13.1. The highest BCUT2D eigenvalue weighted by Gasteiger charge is 2.39. The first-order chi connectivity index (χ1) is 9.31. The van der Waals surface area contributed by atoms with E-state index in [1.165, 1.54) is 37.7 Å². The molecule has 4 heteroatoms. The van der Waals surface area contributed by atoms with Crippen LogP contribution < -0.4 is 5.73 Å². The molecular weight excluding hydrogens is 238 g/mol. The molecule has 1 aliphatic heterocycles. The fourth-order valence-corrected chi connectivity index (χ4v) is 3.65. The van der Waals surface area contributed by atoms with Crippen LogP contribution in [0.15, 0.2) is 12.4 Å². The van der Waals surface area contributed by atoms with Crippen LogP contribution >= 0.6 is 0 Å². The Morgan fingerprint density at radius 1 is 1.37 bits per heavy atom. The van der Waals surface area contributed by atoms with Gasteiger partial charge in [0.2, 0.25) is 0 Å². The SMILES string of the molecule is NCCc1cnn(C2CCOC3(CCCCC3)C2)c1. The average Bonchev–Trinajstić information content (AvgIpc) is 2.89. The molecular formula is C15H25N3O. The first kappa shape index (κ1) is 13.1. The van der Waals surface area contributed by atoms with Gasteiger partial charge in [0.25, 0.3) is 0 Å². The lowest BCUT2D eigenvalue weighted by molar-refractivity contribution is -0.115. The maximum atomic E-state index is 6.15. The molecule has 2 heterocycles. The molecule has 1 aliphatic carbocycles. The van der Waals surface area contributed by atoms with Crippen LogP contribution in [0.1, 0.15) is 56.6 Å². The molecule has 1 aromatic rings. The van der Waals surface area contributed by atoms with Gasteiger partial charge >= 0.3 is 0 Å². The number of hydrogen-bond donors (Lipinski definition) is 1. The van der Waals surface area contributed by atoms with Crippen molar-refractivity contribution in [2.45, 2.75) is 63.0 Å². The van der Waals surface area contributed by atoms with Crippen molar-refractivity contribution in [2.24, 2.45) is 5.73 Å². The predicted octanol–water partition coefficient (Wildman–Crippen LogP) is 2.44. The maximum absolute atomic E-state index is 6.15. The summed E-state index contributed by atoms with van der Waals surface area (Å²) < 4.78 is 8.31. The minimum absolute atomic E-state index is 0.154. The molecule has 0 aromatic carbocycles. The largest absolute Gasteiger partial charge is 0.375 e. The predicted molar refractivity (Wildman–Crippen MR) is 75.0 cm³/mol. The van der Waals surface area contributed by atoms with Gasteiger partial charge in [-0.25, -0.2) is 0 Å². The van der Waals surface area contributed by atoms with Crippen LogP contribution in [0.2, 0.25) is 0 Å². The van der Waals surface area contributed by atoms with Crippen molar-refractivity contribution in [3.63, 3.8) is 0 Å². The van der Waals surface area contributed by atoms with Gasteiger partial charge in [-0.05, 0) is 44.2 Å². The molecule has 19 heavy (non-hydrogen) atoms. The second-order valence-electron chi connectivity index (χ2n) is 6.11. The Morgan fingerprint density at radius 3 is 3.00 bits per heavy atom. The first-order valence-corrected chi connectivity index (χ1v) is 7.68. The van der Waals surface area contributed by atoms with E-state index in [0.29, 0.717) is 12.6 Å². The molecule has 2 aliphatic rings. The van der Waals surface area contributed by atoms with E-state index in [1.807, 2.05) is 6.20 Å². The van der Waals surface area contributed by atoms with E-state index in [9.17, 15) is 0 Å². The van der Waals surface area contributed by atoms with E-state index in [4.69, 9.17) is 10.5 Å². The van der Waals surface area contributed by atoms with Gasteiger partial charge in [-0.3, -0.25) is 4.68 Å². The summed E-state index contributed by atoms with van der Waals surface area (Å²) in [5, 5.41) is 4.54.